The van der Waals surface area contributed by atoms with Gasteiger partial charge in [-0.25, -0.2) is 0 Å². The van der Waals surface area contributed by atoms with Gasteiger partial charge in [-0.15, -0.1) is 0 Å². The van der Waals surface area contributed by atoms with E-state index in [0.717, 1.165) is 25.2 Å². The molecule has 2 aliphatic heterocycles. The Morgan fingerprint density at radius 1 is 1.02 bits per heavy atom. The first-order chi connectivity index (χ1) is 20.3. The molecule has 3 aliphatic rings. The number of furan rings is 1. The summed E-state index contributed by atoms with van der Waals surface area (Å²) >= 11 is 0. The first-order valence-corrected chi connectivity index (χ1v) is 15.0. The number of likely N-dealkylation sites (tertiary alicyclic amines) is 2. The molecule has 0 radical (unpaired) electrons. The lowest BCUT2D eigenvalue weighted by Gasteiger charge is -2.36. The van der Waals surface area contributed by atoms with E-state index < -0.39 is 23.9 Å². The lowest BCUT2D eigenvalue weighted by Crippen LogP contribution is -2.47. The maximum Gasteiger partial charge on any atom is 0.234 e. The minimum absolute atomic E-state index is 0.180. The van der Waals surface area contributed by atoms with Crippen LogP contribution in [0.1, 0.15) is 56.1 Å². The number of allylic oxidation sites excluding steroid dienone is 1. The third kappa shape index (κ3) is 6.31. The average molecular weight is 579 g/mol. The fourth-order valence-corrected chi connectivity index (χ4v) is 7.06. The Morgan fingerprint density at radius 3 is 2.40 bits per heavy atom. The van der Waals surface area contributed by atoms with Crippen molar-refractivity contribution in [2.45, 2.75) is 64.3 Å². The van der Waals surface area contributed by atoms with Crippen LogP contribution in [0.5, 0.6) is 0 Å². The highest BCUT2D eigenvalue weighted by atomic mass is 16.4. The van der Waals surface area contributed by atoms with E-state index >= 15 is 0 Å². The number of rotatable bonds is 11. The number of fused-ring (bicyclic) bond motifs is 1. The molecule has 2 saturated heterocycles. The normalized spacial score (nSPS) is 24.9. The zero-order valence-electron chi connectivity index (χ0n) is 24.2. The van der Waals surface area contributed by atoms with Gasteiger partial charge in [0.1, 0.15) is 18.1 Å². The minimum Gasteiger partial charge on any atom is -0.459 e. The van der Waals surface area contributed by atoms with Crippen LogP contribution < -0.4 is 0 Å². The van der Waals surface area contributed by atoms with Gasteiger partial charge in [0, 0.05) is 31.6 Å². The highest BCUT2D eigenvalue weighted by molar-refractivity contribution is 6.06. The van der Waals surface area contributed by atoms with Crippen LogP contribution in [0.25, 0.3) is 6.08 Å². The van der Waals surface area contributed by atoms with E-state index in [9.17, 15) is 30.0 Å². The first kappa shape index (κ1) is 30.4. The molecule has 1 aromatic heterocycles. The van der Waals surface area contributed by atoms with Crippen LogP contribution in [0.4, 0.5) is 0 Å². The van der Waals surface area contributed by atoms with Gasteiger partial charge in [0.15, 0.2) is 0 Å². The van der Waals surface area contributed by atoms with Gasteiger partial charge in [-0.3, -0.25) is 19.4 Å². The Hall–Kier alpha value is -3.08. The highest BCUT2D eigenvalue weighted by Crippen LogP contribution is 2.47. The van der Waals surface area contributed by atoms with Gasteiger partial charge < -0.3 is 24.8 Å². The number of nitrogens with zero attached hydrogens (tertiary/aromatic N) is 2. The number of imide groups is 1. The smallest absolute Gasteiger partial charge is 0.234 e. The van der Waals surface area contributed by atoms with Crippen molar-refractivity contribution >= 4 is 17.9 Å². The zero-order valence-corrected chi connectivity index (χ0v) is 24.2. The van der Waals surface area contributed by atoms with E-state index in [-0.39, 0.29) is 44.1 Å². The average Bonchev–Trinajstić information content (AvgIpc) is 3.56. The number of hydrogen-bond donors (Lipinski definition) is 4. The van der Waals surface area contributed by atoms with Gasteiger partial charge in [-0.05, 0) is 73.9 Å². The molecule has 2 aromatic rings. The molecular formula is C33H42N2O7. The van der Waals surface area contributed by atoms with E-state index in [0.29, 0.717) is 48.3 Å². The summed E-state index contributed by atoms with van der Waals surface area (Å²) in [6.45, 7) is 3.41. The van der Waals surface area contributed by atoms with Gasteiger partial charge in [0.25, 0.3) is 0 Å². The Kier molecular flexibility index (Phi) is 9.75. The van der Waals surface area contributed by atoms with E-state index in [1.807, 2.05) is 31.2 Å². The Morgan fingerprint density at radius 2 is 1.76 bits per heavy atom. The molecular weight excluding hydrogens is 536 g/mol. The summed E-state index contributed by atoms with van der Waals surface area (Å²) in [6, 6.07) is 13.5. The quantitative estimate of drug-likeness (QED) is 0.236. The molecule has 0 saturated carbocycles. The second kappa shape index (κ2) is 13.5. The predicted molar refractivity (Wildman–Crippen MR) is 156 cm³/mol. The molecule has 4 N–H and O–H groups in total. The summed E-state index contributed by atoms with van der Waals surface area (Å²) in [7, 11) is 0. The van der Waals surface area contributed by atoms with Gasteiger partial charge >= 0.3 is 0 Å². The summed E-state index contributed by atoms with van der Waals surface area (Å²) in [6.07, 6.45) is 3.32. The lowest BCUT2D eigenvalue weighted by molar-refractivity contribution is -0.144. The topological polar surface area (TPSA) is 135 Å². The zero-order chi connectivity index (χ0) is 29.8. The molecule has 42 heavy (non-hydrogen) atoms. The summed E-state index contributed by atoms with van der Waals surface area (Å²) in [4.78, 5) is 31.3. The van der Waals surface area contributed by atoms with Gasteiger partial charge in [0.05, 0.1) is 31.2 Å². The number of aliphatic hydroxyl groups excluding tert-OH is 4. The second-order valence-corrected chi connectivity index (χ2v) is 11.9. The number of piperidine rings is 1. The molecule has 4 atom stereocenters. The molecule has 1 aliphatic carbocycles. The third-order valence-corrected chi connectivity index (χ3v) is 9.18. The molecule has 2 fully saturated rings. The minimum atomic E-state index is -0.976. The molecule has 9 heteroatoms. The Bertz CT molecular complexity index is 1310. The van der Waals surface area contributed by atoms with Crippen molar-refractivity contribution in [2.75, 3.05) is 26.3 Å². The van der Waals surface area contributed by atoms with Crippen molar-refractivity contribution in [1.29, 1.82) is 0 Å². The highest BCUT2D eigenvalue weighted by Gasteiger charge is 2.56. The standard InChI is InChI=1S/C33H42N2O7/c1-21(15-25-8-9-26(19-37)42-25)7-10-29(39)30-23(18-36)16-27-31(28(30)20-38)33(41)35(32(27)40)24-11-13-34(14-12-24)17-22-5-3-2-4-6-22/h2-6,8-9,15,24,27-29,31,36-39H,7,10-14,16-20H2,1H3/b21-15+/t27-,28+,29-,31-/m1/s1. The van der Waals surface area contributed by atoms with Crippen molar-refractivity contribution in [3.63, 3.8) is 0 Å². The van der Waals surface area contributed by atoms with E-state index in [2.05, 4.69) is 17.0 Å². The summed E-state index contributed by atoms with van der Waals surface area (Å²) in [5.74, 6) is -1.49. The molecule has 3 heterocycles. The number of benzene rings is 1. The maximum atomic E-state index is 13.8. The molecule has 226 valence electrons. The van der Waals surface area contributed by atoms with Crippen molar-refractivity contribution in [2.24, 2.45) is 17.8 Å². The van der Waals surface area contributed by atoms with E-state index in [4.69, 9.17) is 4.42 Å². The van der Waals surface area contributed by atoms with Crippen LogP contribution in [-0.4, -0.2) is 80.5 Å². The van der Waals surface area contributed by atoms with Gasteiger partial charge in [-0.1, -0.05) is 35.9 Å². The van der Waals surface area contributed by atoms with Gasteiger partial charge in [-0.2, -0.15) is 0 Å². The molecule has 0 spiro atoms. The van der Waals surface area contributed by atoms with Gasteiger partial charge in [0.2, 0.25) is 11.8 Å². The molecule has 0 unspecified atom stereocenters. The van der Waals surface area contributed by atoms with Crippen molar-refractivity contribution in [3.8, 4) is 0 Å². The number of carbonyl (C=O) groups excluding carboxylic acids is 2. The Labute approximate surface area is 246 Å². The van der Waals surface area contributed by atoms with E-state index in [1.165, 1.54) is 10.5 Å². The van der Waals surface area contributed by atoms with Crippen LogP contribution in [0, 0.1) is 17.8 Å². The predicted octanol–water partition coefficient (Wildman–Crippen LogP) is 2.88. The number of carbonyl (C=O) groups is 2. The third-order valence-electron chi connectivity index (χ3n) is 9.18. The van der Waals surface area contributed by atoms with Crippen LogP contribution in [0.2, 0.25) is 0 Å². The van der Waals surface area contributed by atoms with E-state index in [1.54, 1.807) is 12.1 Å². The molecule has 2 amide bonds. The second-order valence-electron chi connectivity index (χ2n) is 11.9. The van der Waals surface area contributed by atoms with Crippen LogP contribution >= 0.6 is 0 Å². The Balaban J connectivity index is 1.25. The van der Waals surface area contributed by atoms with Crippen LogP contribution in [0.3, 0.4) is 0 Å². The number of aliphatic hydroxyl groups is 4. The molecule has 9 nitrogen and oxygen atoms in total. The maximum absolute atomic E-state index is 13.8. The van der Waals surface area contributed by atoms with Crippen LogP contribution in [0.15, 0.2) is 63.6 Å². The van der Waals surface area contributed by atoms with Crippen molar-refractivity contribution < 1.29 is 34.4 Å². The van der Waals surface area contributed by atoms with Crippen LogP contribution in [-0.2, 0) is 22.7 Å². The fraction of sp³-hybridized carbons (Fsp3) is 0.515. The summed E-state index contributed by atoms with van der Waals surface area (Å²) in [5, 5.41) is 41.2. The van der Waals surface area contributed by atoms with Crippen molar-refractivity contribution in [3.05, 3.63) is 76.3 Å². The molecule has 0 bridgehead atoms. The SMILES string of the molecule is C/C(=C\c1ccc(CO)o1)CC[C@@H](O)C1=C(CO)C[C@H]2C(=O)N(C3CCN(Cc4ccccc4)CC3)C(=O)[C@H]2[C@H]1CO. The first-order valence-electron chi connectivity index (χ1n) is 15.0. The number of hydrogen-bond acceptors (Lipinski definition) is 8. The van der Waals surface area contributed by atoms with Crippen molar-refractivity contribution in [1.82, 2.24) is 9.80 Å². The lowest BCUT2D eigenvalue weighted by atomic mass is 9.68. The fourth-order valence-electron chi connectivity index (χ4n) is 7.06. The monoisotopic (exact) mass is 578 g/mol. The molecule has 5 rings (SSSR count). The number of amides is 2. The summed E-state index contributed by atoms with van der Waals surface area (Å²) < 4.78 is 5.52. The summed E-state index contributed by atoms with van der Waals surface area (Å²) in [5.41, 5.74) is 3.22. The largest absolute Gasteiger partial charge is 0.459 e. The molecule has 1 aromatic carbocycles.